The summed E-state index contributed by atoms with van der Waals surface area (Å²) in [6, 6.07) is 1.70. The Labute approximate surface area is 101 Å². The number of nitrogen functional groups attached to an aromatic ring is 1. The lowest BCUT2D eigenvalue weighted by Gasteiger charge is -2.19. The number of anilines is 1. The van der Waals surface area contributed by atoms with E-state index in [2.05, 4.69) is 5.10 Å². The molecule has 1 heterocycles. The normalized spacial score (nSPS) is 11.5. The maximum atomic E-state index is 11.3. The van der Waals surface area contributed by atoms with Crippen LogP contribution in [0, 0.1) is 0 Å². The van der Waals surface area contributed by atoms with E-state index in [1.54, 1.807) is 16.9 Å². The Morgan fingerprint density at radius 2 is 2.24 bits per heavy atom. The molecule has 6 nitrogen and oxygen atoms in total. The van der Waals surface area contributed by atoms with Gasteiger partial charge in [0.25, 0.3) is 0 Å². The molecule has 0 radical (unpaired) electrons. The minimum Gasteiger partial charge on any atom is -0.458 e. The van der Waals surface area contributed by atoms with Gasteiger partial charge in [0.2, 0.25) is 0 Å². The molecule has 1 aromatic rings. The highest BCUT2D eigenvalue weighted by atomic mass is 16.6. The molecular formula is C11H19N3O3. The zero-order valence-electron chi connectivity index (χ0n) is 10.5. The molecular weight excluding hydrogens is 222 g/mol. The van der Waals surface area contributed by atoms with Crippen LogP contribution in [0.1, 0.15) is 20.8 Å². The number of ether oxygens (including phenoxy) is 2. The van der Waals surface area contributed by atoms with E-state index in [4.69, 9.17) is 15.2 Å². The van der Waals surface area contributed by atoms with Crippen LogP contribution in [0.25, 0.3) is 0 Å². The Morgan fingerprint density at radius 3 is 2.76 bits per heavy atom. The summed E-state index contributed by atoms with van der Waals surface area (Å²) in [6.07, 6.45) is 1.76. The highest BCUT2D eigenvalue weighted by Crippen LogP contribution is 2.06. The standard InChI is InChI=1S/C11H19N3O3/c1-11(2,3)17-10(15)8-16-7-6-14-5-4-9(12)13-14/h4-5H,6-8H2,1-3H3,(H2,12,13). The van der Waals surface area contributed by atoms with Gasteiger partial charge in [-0.2, -0.15) is 5.10 Å². The highest BCUT2D eigenvalue weighted by Gasteiger charge is 2.15. The Morgan fingerprint density at radius 1 is 1.53 bits per heavy atom. The summed E-state index contributed by atoms with van der Waals surface area (Å²) in [5, 5.41) is 3.99. The largest absolute Gasteiger partial charge is 0.458 e. The van der Waals surface area contributed by atoms with Gasteiger partial charge in [0.05, 0.1) is 13.2 Å². The first kappa shape index (κ1) is 13.5. The molecule has 0 aliphatic heterocycles. The molecule has 0 unspecified atom stereocenters. The predicted octanol–water partition coefficient (Wildman–Crippen LogP) is 0.824. The number of hydrogen-bond donors (Lipinski definition) is 1. The van der Waals surface area contributed by atoms with E-state index in [9.17, 15) is 4.79 Å². The molecule has 0 aliphatic carbocycles. The SMILES string of the molecule is CC(C)(C)OC(=O)COCCn1ccc(N)n1. The van der Waals surface area contributed by atoms with Crippen molar-refractivity contribution in [1.29, 1.82) is 0 Å². The van der Waals surface area contributed by atoms with Crippen LogP contribution in [-0.4, -0.2) is 34.6 Å². The molecule has 0 amide bonds. The van der Waals surface area contributed by atoms with Crippen molar-refractivity contribution in [3.8, 4) is 0 Å². The van der Waals surface area contributed by atoms with Crippen molar-refractivity contribution in [3.05, 3.63) is 12.3 Å². The van der Waals surface area contributed by atoms with Crippen molar-refractivity contribution in [2.24, 2.45) is 0 Å². The van der Waals surface area contributed by atoms with Gasteiger partial charge in [0.1, 0.15) is 18.0 Å². The van der Waals surface area contributed by atoms with Crippen LogP contribution in [0.3, 0.4) is 0 Å². The van der Waals surface area contributed by atoms with Crippen LogP contribution in [0.2, 0.25) is 0 Å². The fraction of sp³-hybridized carbons (Fsp3) is 0.636. The third-order valence-corrected chi connectivity index (χ3v) is 1.77. The van der Waals surface area contributed by atoms with Crippen LogP contribution < -0.4 is 5.73 Å². The summed E-state index contributed by atoms with van der Waals surface area (Å²) in [6.45, 7) is 6.35. The Bertz CT molecular complexity index is 368. The number of nitrogens with zero attached hydrogens (tertiary/aromatic N) is 2. The topological polar surface area (TPSA) is 79.4 Å². The third kappa shape index (κ3) is 5.91. The number of rotatable bonds is 5. The van der Waals surface area contributed by atoms with Crippen molar-refractivity contribution >= 4 is 11.8 Å². The molecule has 0 bridgehead atoms. The molecule has 96 valence electrons. The zero-order chi connectivity index (χ0) is 12.9. The van der Waals surface area contributed by atoms with E-state index in [1.807, 2.05) is 20.8 Å². The van der Waals surface area contributed by atoms with Gasteiger partial charge >= 0.3 is 5.97 Å². The Balaban J connectivity index is 2.14. The lowest BCUT2D eigenvalue weighted by atomic mass is 10.2. The maximum Gasteiger partial charge on any atom is 0.332 e. The first-order valence-corrected chi connectivity index (χ1v) is 5.45. The lowest BCUT2D eigenvalue weighted by molar-refractivity contribution is -0.160. The number of hydrogen-bond acceptors (Lipinski definition) is 5. The number of nitrogens with two attached hydrogens (primary N) is 1. The third-order valence-electron chi connectivity index (χ3n) is 1.77. The Hall–Kier alpha value is -1.56. The van der Waals surface area contributed by atoms with Gasteiger partial charge in [-0.05, 0) is 26.8 Å². The molecule has 0 aromatic carbocycles. The average molecular weight is 241 g/mol. The van der Waals surface area contributed by atoms with E-state index < -0.39 is 5.60 Å². The summed E-state index contributed by atoms with van der Waals surface area (Å²) >= 11 is 0. The van der Waals surface area contributed by atoms with Crippen LogP contribution in [0.15, 0.2) is 12.3 Å². The fourth-order valence-corrected chi connectivity index (χ4v) is 1.19. The van der Waals surface area contributed by atoms with E-state index in [1.165, 1.54) is 0 Å². The summed E-state index contributed by atoms with van der Waals surface area (Å²) in [5.41, 5.74) is 4.98. The van der Waals surface area contributed by atoms with Crippen molar-refractivity contribution in [1.82, 2.24) is 9.78 Å². The second kappa shape index (κ2) is 5.67. The molecule has 17 heavy (non-hydrogen) atoms. The van der Waals surface area contributed by atoms with Crippen LogP contribution in [0.5, 0.6) is 0 Å². The first-order valence-electron chi connectivity index (χ1n) is 5.45. The quantitative estimate of drug-likeness (QED) is 0.610. The smallest absolute Gasteiger partial charge is 0.332 e. The summed E-state index contributed by atoms with van der Waals surface area (Å²) in [5.74, 6) is 0.106. The van der Waals surface area contributed by atoms with Gasteiger partial charge in [0, 0.05) is 6.20 Å². The van der Waals surface area contributed by atoms with Gasteiger partial charge in [0.15, 0.2) is 0 Å². The first-order chi connectivity index (χ1) is 7.87. The molecule has 1 rings (SSSR count). The number of carbonyl (C=O) groups is 1. The Kier molecular flexibility index (Phi) is 4.51. The molecule has 0 saturated carbocycles. The predicted molar refractivity (Wildman–Crippen MR) is 63.3 cm³/mol. The van der Waals surface area contributed by atoms with Gasteiger partial charge in [-0.3, -0.25) is 4.68 Å². The average Bonchev–Trinajstić information content (AvgIpc) is 2.56. The number of aromatic nitrogens is 2. The van der Waals surface area contributed by atoms with Crippen molar-refractivity contribution in [2.45, 2.75) is 32.9 Å². The van der Waals surface area contributed by atoms with Crippen molar-refractivity contribution < 1.29 is 14.3 Å². The summed E-state index contributed by atoms with van der Waals surface area (Å²) < 4.78 is 11.9. The molecule has 1 aromatic heterocycles. The number of carbonyl (C=O) groups excluding carboxylic acids is 1. The summed E-state index contributed by atoms with van der Waals surface area (Å²) in [7, 11) is 0. The molecule has 0 aliphatic rings. The fourth-order valence-electron chi connectivity index (χ4n) is 1.19. The van der Waals surface area contributed by atoms with Gasteiger partial charge in [-0.1, -0.05) is 0 Å². The molecule has 0 saturated heterocycles. The highest BCUT2D eigenvalue weighted by molar-refractivity contribution is 5.71. The van der Waals surface area contributed by atoms with E-state index >= 15 is 0 Å². The van der Waals surface area contributed by atoms with Crippen LogP contribution in [0.4, 0.5) is 5.82 Å². The number of esters is 1. The molecule has 0 spiro atoms. The second-order valence-corrected chi connectivity index (χ2v) is 4.64. The minimum absolute atomic E-state index is 0.0476. The van der Waals surface area contributed by atoms with Crippen molar-refractivity contribution in [2.75, 3.05) is 18.9 Å². The molecule has 6 heteroatoms. The van der Waals surface area contributed by atoms with E-state index in [0.717, 1.165) is 0 Å². The molecule has 0 fully saturated rings. The molecule has 2 N–H and O–H groups in total. The van der Waals surface area contributed by atoms with Crippen LogP contribution >= 0.6 is 0 Å². The zero-order valence-corrected chi connectivity index (χ0v) is 10.5. The second-order valence-electron chi connectivity index (χ2n) is 4.64. The van der Waals surface area contributed by atoms with Gasteiger partial charge in [-0.25, -0.2) is 4.79 Å². The minimum atomic E-state index is -0.475. The van der Waals surface area contributed by atoms with Crippen molar-refractivity contribution in [3.63, 3.8) is 0 Å². The van der Waals surface area contributed by atoms with E-state index in [0.29, 0.717) is 19.0 Å². The summed E-state index contributed by atoms with van der Waals surface area (Å²) in [4.78, 5) is 11.3. The maximum absolute atomic E-state index is 11.3. The van der Waals surface area contributed by atoms with Gasteiger partial charge in [-0.15, -0.1) is 0 Å². The molecule has 0 atom stereocenters. The van der Waals surface area contributed by atoms with E-state index in [-0.39, 0.29) is 12.6 Å². The lowest BCUT2D eigenvalue weighted by Crippen LogP contribution is -2.27. The monoisotopic (exact) mass is 241 g/mol. The van der Waals surface area contributed by atoms with Gasteiger partial charge < -0.3 is 15.2 Å². The van der Waals surface area contributed by atoms with Crippen LogP contribution in [-0.2, 0) is 20.8 Å².